The van der Waals surface area contributed by atoms with Crippen LogP contribution in [0.25, 0.3) is 11.3 Å². The molecule has 0 unspecified atom stereocenters. The van der Waals surface area contributed by atoms with E-state index in [-0.39, 0.29) is 11.5 Å². The van der Waals surface area contributed by atoms with E-state index in [0.29, 0.717) is 57.2 Å². The normalized spacial score (nSPS) is 15.8. The van der Waals surface area contributed by atoms with Gasteiger partial charge in [0.2, 0.25) is 5.91 Å². The summed E-state index contributed by atoms with van der Waals surface area (Å²) in [5.74, 6) is -1.25. The first-order chi connectivity index (χ1) is 16.8. The van der Waals surface area contributed by atoms with Crippen LogP contribution in [-0.4, -0.2) is 74.1 Å². The van der Waals surface area contributed by atoms with Crippen molar-refractivity contribution in [3.63, 3.8) is 0 Å². The van der Waals surface area contributed by atoms with E-state index in [1.54, 1.807) is 27.6 Å². The number of halogens is 2. The predicted molar refractivity (Wildman–Crippen MR) is 124 cm³/mol. The zero-order valence-corrected chi connectivity index (χ0v) is 19.5. The number of carbonyl (C=O) groups excluding carboxylic acids is 2. The summed E-state index contributed by atoms with van der Waals surface area (Å²) >= 11 is 0. The van der Waals surface area contributed by atoms with E-state index >= 15 is 0 Å². The zero-order valence-electron chi connectivity index (χ0n) is 19.5. The zero-order chi connectivity index (χ0) is 24.7. The number of carbonyl (C=O) groups is 2. The molecule has 5 rings (SSSR count). The Morgan fingerprint density at radius 2 is 1.63 bits per heavy atom. The Morgan fingerprint density at radius 3 is 2.26 bits per heavy atom. The third-order valence-corrected chi connectivity index (χ3v) is 6.39. The van der Waals surface area contributed by atoms with Gasteiger partial charge in [0.05, 0.1) is 24.1 Å². The van der Waals surface area contributed by atoms with E-state index in [1.807, 2.05) is 13.2 Å². The molecule has 9 nitrogen and oxygen atoms in total. The van der Waals surface area contributed by atoms with E-state index in [1.165, 1.54) is 0 Å². The van der Waals surface area contributed by atoms with Crippen LogP contribution in [0, 0.1) is 11.6 Å². The maximum absolute atomic E-state index is 13.6. The Bertz CT molecular complexity index is 1280. The average Bonchev–Trinajstić information content (AvgIpc) is 3.28. The molecule has 3 aromatic rings. The van der Waals surface area contributed by atoms with Gasteiger partial charge in [-0.25, -0.2) is 18.7 Å². The molecule has 182 valence electrons. The number of fused-ring (bicyclic) bond motifs is 1. The van der Waals surface area contributed by atoms with E-state index in [0.717, 1.165) is 35.2 Å². The minimum atomic E-state index is -0.777. The molecular formula is C24H25F2N7O2. The van der Waals surface area contributed by atoms with Crippen molar-refractivity contribution in [2.75, 3.05) is 37.6 Å². The molecule has 2 aliphatic rings. The average molecular weight is 482 g/mol. The molecule has 0 saturated carbocycles. The Morgan fingerprint density at radius 1 is 0.914 bits per heavy atom. The lowest BCUT2D eigenvalue weighted by molar-refractivity contribution is -0.129. The predicted octanol–water partition coefficient (Wildman–Crippen LogP) is 2.02. The van der Waals surface area contributed by atoms with Crippen molar-refractivity contribution in [3.05, 3.63) is 59.2 Å². The number of rotatable bonds is 3. The lowest BCUT2D eigenvalue weighted by Gasteiger charge is -2.37. The van der Waals surface area contributed by atoms with E-state index < -0.39 is 17.5 Å². The monoisotopic (exact) mass is 481 g/mol. The lowest BCUT2D eigenvalue weighted by atomic mass is 10.1. The molecule has 0 spiro atoms. The number of amides is 2. The summed E-state index contributed by atoms with van der Waals surface area (Å²) < 4.78 is 28.9. The highest BCUT2D eigenvalue weighted by Crippen LogP contribution is 2.31. The summed E-state index contributed by atoms with van der Waals surface area (Å²) in [7, 11) is 1.83. The maximum atomic E-state index is 13.6. The van der Waals surface area contributed by atoms with Crippen LogP contribution in [0.5, 0.6) is 0 Å². The van der Waals surface area contributed by atoms with Crippen LogP contribution in [0.2, 0.25) is 0 Å². The van der Waals surface area contributed by atoms with Gasteiger partial charge in [-0.15, -0.1) is 0 Å². The van der Waals surface area contributed by atoms with Gasteiger partial charge in [0.25, 0.3) is 5.91 Å². The highest BCUT2D eigenvalue weighted by Gasteiger charge is 2.29. The molecule has 11 heteroatoms. The van der Waals surface area contributed by atoms with Gasteiger partial charge in [0.15, 0.2) is 5.82 Å². The minimum Gasteiger partial charge on any atom is -0.351 e. The van der Waals surface area contributed by atoms with Crippen molar-refractivity contribution < 1.29 is 18.4 Å². The van der Waals surface area contributed by atoms with Crippen LogP contribution in [0.1, 0.15) is 28.7 Å². The van der Waals surface area contributed by atoms with Crippen molar-refractivity contribution in [1.82, 2.24) is 29.5 Å². The summed E-state index contributed by atoms with van der Waals surface area (Å²) in [6, 6.07) is 2.86. The number of aromatic nitrogens is 4. The molecule has 1 aromatic carbocycles. The first-order valence-electron chi connectivity index (χ1n) is 11.4. The van der Waals surface area contributed by atoms with Crippen LogP contribution < -0.4 is 4.90 Å². The van der Waals surface area contributed by atoms with Crippen molar-refractivity contribution in [2.24, 2.45) is 7.05 Å². The number of nitrogens with zero attached hydrogens (tertiary/aromatic N) is 7. The Kier molecular flexibility index (Phi) is 5.91. The highest BCUT2D eigenvalue weighted by atomic mass is 19.1. The molecule has 0 aliphatic carbocycles. The standard InChI is InChI=1S/C24H25F2N7O2/c1-15(34)33-4-3-20-21(14-33)28-22(17-12-27-30(2)13-17)23(29-20)31-5-7-32(8-6-31)24(35)16-9-18(25)11-19(26)10-16/h9-13H,3-8,14H2,1-2H3. The second kappa shape index (κ2) is 9.05. The quantitative estimate of drug-likeness (QED) is 0.569. The summed E-state index contributed by atoms with van der Waals surface area (Å²) in [6.45, 7) is 4.29. The maximum Gasteiger partial charge on any atom is 0.254 e. The van der Waals surface area contributed by atoms with E-state index in [4.69, 9.17) is 9.97 Å². The molecule has 0 bridgehead atoms. The summed E-state index contributed by atoms with van der Waals surface area (Å²) in [4.78, 5) is 40.0. The van der Waals surface area contributed by atoms with Crippen LogP contribution in [0.3, 0.4) is 0 Å². The van der Waals surface area contributed by atoms with Gasteiger partial charge < -0.3 is 14.7 Å². The summed E-state index contributed by atoms with van der Waals surface area (Å²) in [5.41, 5.74) is 3.12. The van der Waals surface area contributed by atoms with Gasteiger partial charge in [-0.1, -0.05) is 0 Å². The molecule has 1 saturated heterocycles. The fraction of sp³-hybridized carbons (Fsp3) is 0.375. The molecule has 0 radical (unpaired) electrons. The highest BCUT2D eigenvalue weighted by molar-refractivity contribution is 5.94. The fourth-order valence-corrected chi connectivity index (χ4v) is 4.53. The SMILES string of the molecule is CC(=O)N1CCc2nc(N3CCN(C(=O)c4cc(F)cc(F)c4)CC3)c(-c3cnn(C)c3)nc2C1. The Labute approximate surface area is 201 Å². The third kappa shape index (κ3) is 4.58. The molecule has 2 amide bonds. The first kappa shape index (κ1) is 22.9. The fourth-order valence-electron chi connectivity index (χ4n) is 4.53. The third-order valence-electron chi connectivity index (χ3n) is 6.39. The van der Waals surface area contributed by atoms with Crippen LogP contribution in [-0.2, 0) is 24.8 Å². The van der Waals surface area contributed by atoms with E-state index in [2.05, 4.69) is 10.00 Å². The topological polar surface area (TPSA) is 87.5 Å². The van der Waals surface area contributed by atoms with Crippen molar-refractivity contribution in [1.29, 1.82) is 0 Å². The number of hydrogen-bond acceptors (Lipinski definition) is 6. The number of aryl methyl sites for hydroxylation is 1. The second-order valence-electron chi connectivity index (χ2n) is 8.82. The molecule has 2 aliphatic heterocycles. The largest absolute Gasteiger partial charge is 0.351 e. The van der Waals surface area contributed by atoms with Crippen LogP contribution in [0.15, 0.2) is 30.6 Å². The number of benzene rings is 1. The molecule has 0 atom stereocenters. The Hall–Kier alpha value is -3.89. The number of anilines is 1. The van der Waals surface area contributed by atoms with Crippen LogP contribution >= 0.6 is 0 Å². The van der Waals surface area contributed by atoms with Gasteiger partial charge in [-0.2, -0.15) is 5.10 Å². The van der Waals surface area contributed by atoms with Gasteiger partial charge in [-0.05, 0) is 12.1 Å². The van der Waals surface area contributed by atoms with Gasteiger partial charge in [0.1, 0.15) is 17.3 Å². The van der Waals surface area contributed by atoms with Crippen LogP contribution in [0.4, 0.5) is 14.6 Å². The van der Waals surface area contributed by atoms with Gasteiger partial charge in [0, 0.05) is 76.5 Å². The molecule has 2 aromatic heterocycles. The minimum absolute atomic E-state index is 0.00317. The van der Waals surface area contributed by atoms with Gasteiger partial charge >= 0.3 is 0 Å². The second-order valence-corrected chi connectivity index (χ2v) is 8.82. The van der Waals surface area contributed by atoms with Crippen molar-refractivity contribution >= 4 is 17.6 Å². The molecule has 1 fully saturated rings. The summed E-state index contributed by atoms with van der Waals surface area (Å²) in [5, 5.41) is 4.27. The molecule has 35 heavy (non-hydrogen) atoms. The number of piperazine rings is 1. The van der Waals surface area contributed by atoms with Gasteiger partial charge in [-0.3, -0.25) is 14.3 Å². The Balaban J connectivity index is 1.41. The first-order valence-corrected chi connectivity index (χ1v) is 11.4. The number of hydrogen-bond donors (Lipinski definition) is 0. The molecule has 4 heterocycles. The van der Waals surface area contributed by atoms with Crippen molar-refractivity contribution in [2.45, 2.75) is 19.9 Å². The smallest absolute Gasteiger partial charge is 0.254 e. The van der Waals surface area contributed by atoms with Crippen molar-refractivity contribution in [3.8, 4) is 11.3 Å². The van der Waals surface area contributed by atoms with E-state index in [9.17, 15) is 18.4 Å². The summed E-state index contributed by atoms with van der Waals surface area (Å²) in [6.07, 6.45) is 4.21. The lowest BCUT2D eigenvalue weighted by Crippen LogP contribution is -2.49. The molecule has 0 N–H and O–H groups in total. The molecular weight excluding hydrogens is 456 g/mol.